The second kappa shape index (κ2) is 3.49. The summed E-state index contributed by atoms with van der Waals surface area (Å²) in [6, 6.07) is 7.52. The fourth-order valence-electron chi connectivity index (χ4n) is 0.796. The van der Waals surface area contributed by atoms with Gasteiger partial charge < -0.3 is 0 Å². The summed E-state index contributed by atoms with van der Waals surface area (Å²) in [7, 11) is -0.874. The highest BCUT2D eigenvalue weighted by Gasteiger charge is 1.94. The van der Waals surface area contributed by atoms with Crippen molar-refractivity contribution >= 4 is 16.9 Å². The van der Waals surface area contributed by atoms with Crippen LogP contribution in [0.1, 0.15) is 5.56 Å². The zero-order valence-electron chi connectivity index (χ0n) is 6.41. The molecule has 0 amide bonds. The van der Waals surface area contributed by atoms with E-state index in [1.807, 2.05) is 24.3 Å². The van der Waals surface area contributed by atoms with E-state index < -0.39 is 10.8 Å². The molecule has 0 spiro atoms. The minimum Gasteiger partial charge on any atom is -0.255 e. The van der Waals surface area contributed by atoms with Crippen LogP contribution < -0.4 is 0 Å². The fraction of sp³-hybridized carbons (Fsp3) is 0.111. The quantitative estimate of drug-likeness (QED) is 0.657. The van der Waals surface area contributed by atoms with Gasteiger partial charge in [-0.25, -0.2) is 0 Å². The summed E-state index contributed by atoms with van der Waals surface area (Å²) in [6.45, 7) is 3.63. The van der Waals surface area contributed by atoms with Crippen molar-refractivity contribution in [2.45, 2.75) is 4.90 Å². The van der Waals surface area contributed by atoms with Gasteiger partial charge in [0.1, 0.15) is 0 Å². The predicted molar refractivity (Wildman–Crippen MR) is 48.9 cm³/mol. The van der Waals surface area contributed by atoms with Gasteiger partial charge in [0.2, 0.25) is 0 Å². The van der Waals surface area contributed by atoms with E-state index in [1.165, 1.54) is 0 Å². The summed E-state index contributed by atoms with van der Waals surface area (Å²) in [5.41, 5.74) is 1.05. The third-order valence-corrected chi connectivity index (χ3v) is 2.38. The Morgan fingerprint density at radius 1 is 1.36 bits per heavy atom. The van der Waals surface area contributed by atoms with Crippen LogP contribution in [0.4, 0.5) is 0 Å². The number of hydrogen-bond donors (Lipinski definition) is 0. The lowest BCUT2D eigenvalue weighted by atomic mass is 10.2. The zero-order chi connectivity index (χ0) is 8.27. The summed E-state index contributed by atoms with van der Waals surface area (Å²) in [6.07, 6.45) is 3.44. The van der Waals surface area contributed by atoms with E-state index in [0.29, 0.717) is 0 Å². The minimum atomic E-state index is -0.874. The molecular weight excluding hydrogens is 156 g/mol. The van der Waals surface area contributed by atoms with Crippen molar-refractivity contribution in [3.05, 3.63) is 36.4 Å². The van der Waals surface area contributed by atoms with Gasteiger partial charge in [0.25, 0.3) is 0 Å². The molecule has 0 bridgehead atoms. The van der Waals surface area contributed by atoms with Crippen LogP contribution >= 0.6 is 0 Å². The Morgan fingerprint density at radius 2 is 1.91 bits per heavy atom. The molecule has 0 N–H and O–H groups in total. The molecule has 1 aromatic rings. The average molecular weight is 166 g/mol. The molecule has 0 saturated carbocycles. The molecule has 11 heavy (non-hydrogen) atoms. The molecule has 0 heterocycles. The Balaban J connectivity index is 3.00. The van der Waals surface area contributed by atoms with Crippen LogP contribution in [0.5, 0.6) is 0 Å². The van der Waals surface area contributed by atoms with Gasteiger partial charge in [-0.2, -0.15) is 0 Å². The number of hydrogen-bond acceptors (Lipinski definition) is 1. The Hall–Kier alpha value is -0.890. The molecule has 0 radical (unpaired) electrons. The van der Waals surface area contributed by atoms with Gasteiger partial charge in [-0.05, 0) is 17.7 Å². The van der Waals surface area contributed by atoms with Crippen LogP contribution in [-0.4, -0.2) is 10.5 Å². The van der Waals surface area contributed by atoms with Gasteiger partial charge >= 0.3 is 0 Å². The maximum atomic E-state index is 10.9. The largest absolute Gasteiger partial charge is 0.255 e. The van der Waals surface area contributed by atoms with Crippen LogP contribution in [0.3, 0.4) is 0 Å². The topological polar surface area (TPSA) is 17.1 Å². The summed E-state index contributed by atoms with van der Waals surface area (Å²) in [5, 5.41) is 0. The Kier molecular flexibility index (Phi) is 2.60. The summed E-state index contributed by atoms with van der Waals surface area (Å²) >= 11 is 0. The van der Waals surface area contributed by atoms with E-state index in [-0.39, 0.29) is 0 Å². The van der Waals surface area contributed by atoms with Crippen LogP contribution in [0.25, 0.3) is 6.08 Å². The van der Waals surface area contributed by atoms with Crippen molar-refractivity contribution < 1.29 is 4.21 Å². The first-order valence-electron chi connectivity index (χ1n) is 3.30. The highest BCUT2D eigenvalue weighted by molar-refractivity contribution is 7.84. The van der Waals surface area contributed by atoms with Crippen LogP contribution in [0.15, 0.2) is 35.7 Å². The van der Waals surface area contributed by atoms with Gasteiger partial charge in [0.15, 0.2) is 0 Å². The zero-order valence-corrected chi connectivity index (χ0v) is 7.23. The normalized spacial score (nSPS) is 12.5. The van der Waals surface area contributed by atoms with E-state index in [4.69, 9.17) is 0 Å². The Morgan fingerprint density at radius 3 is 2.27 bits per heavy atom. The van der Waals surface area contributed by atoms with Crippen molar-refractivity contribution in [1.82, 2.24) is 0 Å². The molecule has 1 nitrogen and oxygen atoms in total. The van der Waals surface area contributed by atoms with Crippen LogP contribution in [-0.2, 0) is 10.8 Å². The van der Waals surface area contributed by atoms with Crippen molar-refractivity contribution in [1.29, 1.82) is 0 Å². The average Bonchev–Trinajstić information content (AvgIpc) is 2.05. The standard InChI is InChI=1S/C9H10OS/c1-3-8-4-6-9(7-5-8)11(2)10/h3-7H,1H2,2H3. The maximum absolute atomic E-state index is 10.9. The van der Waals surface area contributed by atoms with E-state index in [2.05, 4.69) is 6.58 Å². The molecule has 58 valence electrons. The van der Waals surface area contributed by atoms with Gasteiger partial charge in [-0.3, -0.25) is 4.21 Å². The highest BCUT2D eigenvalue weighted by atomic mass is 32.2. The van der Waals surface area contributed by atoms with E-state index in [9.17, 15) is 4.21 Å². The molecule has 0 fully saturated rings. The summed E-state index contributed by atoms with van der Waals surface area (Å²) in [5.74, 6) is 0. The van der Waals surface area contributed by atoms with Gasteiger partial charge in [-0.15, -0.1) is 0 Å². The summed E-state index contributed by atoms with van der Waals surface area (Å²) < 4.78 is 10.9. The Bertz CT molecular complexity index is 274. The lowest BCUT2D eigenvalue weighted by Crippen LogP contribution is -1.85. The first kappa shape index (κ1) is 8.21. The molecule has 0 aliphatic heterocycles. The molecule has 0 saturated heterocycles. The third kappa shape index (κ3) is 2.02. The van der Waals surface area contributed by atoms with E-state index >= 15 is 0 Å². The van der Waals surface area contributed by atoms with Gasteiger partial charge in [0, 0.05) is 22.0 Å². The number of rotatable bonds is 2. The van der Waals surface area contributed by atoms with Crippen LogP contribution in [0.2, 0.25) is 0 Å². The number of benzene rings is 1. The lowest BCUT2D eigenvalue weighted by molar-refractivity contribution is 0.687. The second-order valence-electron chi connectivity index (χ2n) is 2.23. The molecule has 1 rings (SSSR count). The third-order valence-electron chi connectivity index (χ3n) is 1.45. The molecule has 0 aliphatic rings. The SMILES string of the molecule is C=Cc1ccc(S(C)=O)cc1. The Labute approximate surface area is 69.2 Å². The molecule has 0 aliphatic carbocycles. The molecule has 2 heteroatoms. The monoisotopic (exact) mass is 166 g/mol. The molecule has 1 atom stereocenters. The van der Waals surface area contributed by atoms with Crippen molar-refractivity contribution in [2.24, 2.45) is 0 Å². The minimum absolute atomic E-state index is 0.857. The smallest absolute Gasteiger partial charge is 0.0498 e. The van der Waals surface area contributed by atoms with Crippen molar-refractivity contribution in [3.63, 3.8) is 0 Å². The molecule has 1 unspecified atom stereocenters. The van der Waals surface area contributed by atoms with Gasteiger partial charge in [0.05, 0.1) is 0 Å². The fourth-order valence-corrected chi connectivity index (χ4v) is 1.31. The van der Waals surface area contributed by atoms with E-state index in [0.717, 1.165) is 10.5 Å². The second-order valence-corrected chi connectivity index (χ2v) is 3.61. The molecule has 0 aromatic heterocycles. The highest BCUT2D eigenvalue weighted by Crippen LogP contribution is 2.07. The first-order valence-corrected chi connectivity index (χ1v) is 4.86. The maximum Gasteiger partial charge on any atom is 0.0498 e. The van der Waals surface area contributed by atoms with Crippen molar-refractivity contribution in [2.75, 3.05) is 6.26 Å². The molecular formula is C9H10OS. The first-order chi connectivity index (χ1) is 5.24. The van der Waals surface area contributed by atoms with Crippen molar-refractivity contribution in [3.8, 4) is 0 Å². The van der Waals surface area contributed by atoms with Gasteiger partial charge in [-0.1, -0.05) is 24.8 Å². The molecule has 1 aromatic carbocycles. The van der Waals surface area contributed by atoms with E-state index in [1.54, 1.807) is 12.3 Å². The summed E-state index contributed by atoms with van der Waals surface area (Å²) in [4.78, 5) is 0.857. The predicted octanol–water partition coefficient (Wildman–Crippen LogP) is 2.07. The van der Waals surface area contributed by atoms with Crippen LogP contribution in [0, 0.1) is 0 Å². The lowest BCUT2D eigenvalue weighted by Gasteiger charge is -1.95.